The summed E-state index contributed by atoms with van der Waals surface area (Å²) in [6.45, 7) is 3.28. The highest BCUT2D eigenvalue weighted by molar-refractivity contribution is 4.72. The molecular weight excluding hydrogens is 151 g/mol. The van der Waals surface area contributed by atoms with Gasteiger partial charge in [-0.15, -0.1) is 0 Å². The molecule has 11 heavy (non-hydrogen) atoms. The highest BCUT2D eigenvalue weighted by Gasteiger charge is 2.30. The molecule has 0 aromatic carbocycles. The van der Waals surface area contributed by atoms with Gasteiger partial charge in [0, 0.05) is 0 Å². The van der Waals surface area contributed by atoms with Gasteiger partial charge in [-0.2, -0.15) is 0 Å². The highest BCUT2D eigenvalue weighted by atomic mass is 19.1. The summed E-state index contributed by atoms with van der Waals surface area (Å²) in [4.78, 5) is 0. The molecule has 1 aliphatic heterocycles. The average Bonchev–Trinajstić information content (AvgIpc) is 2.03. The Morgan fingerprint density at radius 2 is 1.91 bits per heavy atom. The van der Waals surface area contributed by atoms with Gasteiger partial charge in [0.2, 0.25) is 0 Å². The van der Waals surface area contributed by atoms with E-state index in [4.69, 9.17) is 14.6 Å². The molecule has 2 atom stereocenters. The Morgan fingerprint density at radius 1 is 1.36 bits per heavy atom. The van der Waals surface area contributed by atoms with E-state index in [1.54, 1.807) is 13.8 Å². The predicted molar refractivity (Wildman–Crippen MR) is 36.9 cm³/mol. The van der Waals surface area contributed by atoms with E-state index in [1.807, 2.05) is 0 Å². The number of hydrogen-bond acceptors (Lipinski definition) is 3. The molecule has 1 heterocycles. The van der Waals surface area contributed by atoms with Crippen molar-refractivity contribution in [2.45, 2.75) is 31.9 Å². The lowest BCUT2D eigenvalue weighted by molar-refractivity contribution is -0.204. The fraction of sp³-hybridized carbons (Fsp3) is 1.00. The van der Waals surface area contributed by atoms with Gasteiger partial charge in [-0.3, -0.25) is 0 Å². The van der Waals surface area contributed by atoms with Crippen LogP contribution in [0.15, 0.2) is 0 Å². The molecule has 1 fully saturated rings. The van der Waals surface area contributed by atoms with Crippen molar-refractivity contribution in [3.05, 3.63) is 0 Å². The van der Waals surface area contributed by atoms with Crippen LogP contribution in [0, 0.1) is 0 Å². The molecule has 1 rings (SSSR count). The number of ether oxygens (including phenoxy) is 2. The molecular formula is C7H13FO3. The first-order valence-corrected chi connectivity index (χ1v) is 3.61. The Bertz CT molecular complexity index is 124. The van der Waals surface area contributed by atoms with Crippen LogP contribution in [0.25, 0.3) is 0 Å². The Hall–Kier alpha value is -0.190. The van der Waals surface area contributed by atoms with E-state index < -0.39 is 18.1 Å². The number of alkyl halides is 1. The van der Waals surface area contributed by atoms with Crippen LogP contribution < -0.4 is 0 Å². The largest absolute Gasteiger partial charge is 0.388 e. The molecule has 0 spiro atoms. The summed E-state index contributed by atoms with van der Waals surface area (Å²) < 4.78 is 22.8. The van der Waals surface area contributed by atoms with Crippen LogP contribution in [-0.4, -0.2) is 36.4 Å². The van der Waals surface area contributed by atoms with Gasteiger partial charge < -0.3 is 14.6 Å². The summed E-state index contributed by atoms with van der Waals surface area (Å²) in [6, 6.07) is 0. The van der Waals surface area contributed by atoms with Gasteiger partial charge in [0.05, 0.1) is 13.2 Å². The number of halogens is 1. The highest BCUT2D eigenvalue weighted by Crippen LogP contribution is 2.18. The van der Waals surface area contributed by atoms with Crippen molar-refractivity contribution in [3.8, 4) is 0 Å². The van der Waals surface area contributed by atoms with E-state index in [1.165, 1.54) is 0 Å². The van der Waals surface area contributed by atoms with E-state index in [2.05, 4.69) is 0 Å². The normalized spacial score (nSPS) is 38.2. The molecule has 0 aromatic rings. The van der Waals surface area contributed by atoms with Gasteiger partial charge in [0.15, 0.2) is 12.0 Å². The molecule has 3 nitrogen and oxygen atoms in total. The van der Waals surface area contributed by atoms with Crippen LogP contribution >= 0.6 is 0 Å². The summed E-state index contributed by atoms with van der Waals surface area (Å²) in [6.07, 6.45) is -2.39. The van der Waals surface area contributed by atoms with Crippen molar-refractivity contribution in [3.63, 3.8) is 0 Å². The first kappa shape index (κ1) is 8.90. The summed E-state index contributed by atoms with van der Waals surface area (Å²) in [5.74, 6) is -0.776. The monoisotopic (exact) mass is 164 g/mol. The Kier molecular flexibility index (Phi) is 2.47. The van der Waals surface area contributed by atoms with Crippen LogP contribution in [0.1, 0.15) is 13.8 Å². The maximum absolute atomic E-state index is 12.7. The topological polar surface area (TPSA) is 38.7 Å². The maximum Gasteiger partial charge on any atom is 0.163 e. The minimum atomic E-state index is -1.34. The lowest BCUT2D eigenvalue weighted by atomic mass is 10.2. The van der Waals surface area contributed by atoms with E-state index in [0.717, 1.165) is 0 Å². The maximum atomic E-state index is 12.7. The van der Waals surface area contributed by atoms with E-state index >= 15 is 0 Å². The van der Waals surface area contributed by atoms with Crippen molar-refractivity contribution < 1.29 is 19.0 Å². The minimum Gasteiger partial charge on any atom is -0.388 e. The quantitative estimate of drug-likeness (QED) is 0.565. The number of aliphatic hydroxyl groups is 1. The van der Waals surface area contributed by atoms with Crippen LogP contribution in [0.2, 0.25) is 0 Å². The van der Waals surface area contributed by atoms with Gasteiger partial charge >= 0.3 is 0 Å². The van der Waals surface area contributed by atoms with Crippen LogP contribution in [0.5, 0.6) is 0 Å². The molecule has 0 amide bonds. The minimum absolute atomic E-state index is 0.00579. The van der Waals surface area contributed by atoms with Crippen LogP contribution in [0.4, 0.5) is 4.39 Å². The van der Waals surface area contributed by atoms with Crippen molar-refractivity contribution >= 4 is 0 Å². The first-order valence-electron chi connectivity index (χ1n) is 3.61. The second-order valence-corrected chi connectivity index (χ2v) is 3.11. The van der Waals surface area contributed by atoms with E-state index in [0.29, 0.717) is 0 Å². The average molecular weight is 164 g/mol. The smallest absolute Gasteiger partial charge is 0.163 e. The third-order valence-corrected chi connectivity index (χ3v) is 1.61. The molecule has 4 heteroatoms. The molecule has 0 radical (unpaired) electrons. The van der Waals surface area contributed by atoms with Gasteiger partial charge in [0.1, 0.15) is 6.10 Å². The van der Waals surface area contributed by atoms with Gasteiger partial charge in [0.25, 0.3) is 0 Å². The lowest BCUT2D eigenvalue weighted by Gasteiger charge is -2.22. The van der Waals surface area contributed by atoms with Crippen LogP contribution in [-0.2, 0) is 9.47 Å². The number of hydrogen-bond donors (Lipinski definition) is 1. The molecule has 0 bridgehead atoms. The summed E-state index contributed by atoms with van der Waals surface area (Å²) >= 11 is 0. The zero-order chi connectivity index (χ0) is 8.48. The summed E-state index contributed by atoms with van der Waals surface area (Å²) in [5, 5.41) is 9.01. The first-order chi connectivity index (χ1) is 5.01. The van der Waals surface area contributed by atoms with Gasteiger partial charge in [-0.25, -0.2) is 4.39 Å². The van der Waals surface area contributed by atoms with E-state index in [-0.39, 0.29) is 13.2 Å². The van der Waals surface area contributed by atoms with Crippen LogP contribution in [0.3, 0.4) is 0 Å². The molecule has 2 unspecified atom stereocenters. The Labute approximate surface area is 65.1 Å². The van der Waals surface area contributed by atoms with Gasteiger partial charge in [-0.1, -0.05) is 0 Å². The third kappa shape index (κ3) is 2.39. The Balaban J connectivity index is 2.51. The fourth-order valence-electron chi connectivity index (χ4n) is 0.824. The third-order valence-electron chi connectivity index (χ3n) is 1.61. The summed E-state index contributed by atoms with van der Waals surface area (Å²) in [5.41, 5.74) is 0. The number of aliphatic hydroxyl groups excluding tert-OH is 1. The zero-order valence-electron chi connectivity index (χ0n) is 6.71. The molecule has 0 aromatic heterocycles. The van der Waals surface area contributed by atoms with Crippen molar-refractivity contribution in [1.82, 2.24) is 0 Å². The van der Waals surface area contributed by atoms with E-state index in [9.17, 15) is 4.39 Å². The second kappa shape index (κ2) is 3.05. The molecule has 66 valence electrons. The van der Waals surface area contributed by atoms with Crippen molar-refractivity contribution in [2.24, 2.45) is 0 Å². The second-order valence-electron chi connectivity index (χ2n) is 3.11. The molecule has 0 aliphatic carbocycles. The van der Waals surface area contributed by atoms with Crippen molar-refractivity contribution in [2.75, 3.05) is 13.2 Å². The van der Waals surface area contributed by atoms with Crippen molar-refractivity contribution in [1.29, 1.82) is 0 Å². The zero-order valence-corrected chi connectivity index (χ0v) is 6.71. The predicted octanol–water partition coefficient (Wildman–Crippen LogP) is 0.468. The Morgan fingerprint density at radius 3 is 2.55 bits per heavy atom. The summed E-state index contributed by atoms with van der Waals surface area (Å²) in [7, 11) is 0. The standard InChI is InChI=1S/C7H13FO3/c1-7(2)10-3-5(8)6(9)4-11-7/h5-6,9H,3-4H2,1-2H3. The molecule has 1 aliphatic rings. The fourth-order valence-corrected chi connectivity index (χ4v) is 0.824. The van der Waals surface area contributed by atoms with Gasteiger partial charge in [-0.05, 0) is 13.8 Å². The number of rotatable bonds is 0. The molecule has 1 N–H and O–H groups in total. The molecule has 1 saturated heterocycles. The SMILES string of the molecule is CC1(C)OCC(O)C(F)CO1. The molecule has 0 saturated carbocycles. The lowest BCUT2D eigenvalue weighted by Crippen LogP contribution is -2.28.